The molecule has 2 aromatic carbocycles. The average Bonchev–Trinajstić information content (AvgIpc) is 2.66. The molecule has 0 heterocycles. The van der Waals surface area contributed by atoms with Crippen LogP contribution in [0.1, 0.15) is 12.5 Å². The van der Waals surface area contributed by atoms with Crippen molar-refractivity contribution in [3.63, 3.8) is 0 Å². The first-order chi connectivity index (χ1) is 13.3. The molecule has 7 nitrogen and oxygen atoms in total. The molecule has 28 heavy (non-hydrogen) atoms. The van der Waals surface area contributed by atoms with Gasteiger partial charge in [0.15, 0.2) is 5.78 Å². The van der Waals surface area contributed by atoms with Gasteiger partial charge < -0.3 is 14.8 Å². The van der Waals surface area contributed by atoms with Gasteiger partial charge in [0.2, 0.25) is 6.04 Å². The summed E-state index contributed by atoms with van der Waals surface area (Å²) >= 11 is 12.2. The van der Waals surface area contributed by atoms with Crippen LogP contribution < -0.4 is 14.8 Å². The number of ether oxygens (including phenoxy) is 2. The maximum atomic E-state index is 12.7. The van der Waals surface area contributed by atoms with Gasteiger partial charge in [-0.15, -0.1) is 0 Å². The van der Waals surface area contributed by atoms with Gasteiger partial charge in [-0.05, 0) is 49.7 Å². The zero-order valence-corrected chi connectivity index (χ0v) is 17.3. The number of nitrogens with zero attached hydrogens (tertiary/aromatic N) is 2. The molecule has 0 saturated heterocycles. The average molecular weight is 424 g/mol. The van der Waals surface area contributed by atoms with Gasteiger partial charge in [0.1, 0.15) is 22.2 Å². The van der Waals surface area contributed by atoms with E-state index >= 15 is 0 Å². The van der Waals surface area contributed by atoms with E-state index in [1.54, 1.807) is 30.3 Å². The molecule has 1 unspecified atom stereocenters. The van der Waals surface area contributed by atoms with Gasteiger partial charge in [-0.25, -0.2) is 0 Å². The summed E-state index contributed by atoms with van der Waals surface area (Å²) in [5, 5.41) is 11.2. The minimum Gasteiger partial charge on any atom is -0.495 e. The summed E-state index contributed by atoms with van der Waals surface area (Å²) in [5.41, 5.74) is 1.45. The van der Waals surface area contributed by atoms with Gasteiger partial charge in [0.25, 0.3) is 5.91 Å². The smallest absolute Gasteiger partial charge is 0.258 e. The maximum Gasteiger partial charge on any atom is 0.258 e. The minimum absolute atomic E-state index is 0.141. The SMILES string of the molecule is COc1ccc(OC)c(NC(=O)C(N=Nc2ccc(Cl)c(C)c2)C(C)=O)c1Cl. The Morgan fingerprint density at radius 1 is 1.07 bits per heavy atom. The molecule has 0 aliphatic rings. The highest BCUT2D eigenvalue weighted by atomic mass is 35.5. The number of aryl methyl sites for hydroxylation is 1. The Bertz CT molecular complexity index is 932. The Morgan fingerprint density at radius 2 is 1.71 bits per heavy atom. The topological polar surface area (TPSA) is 89.3 Å². The number of hydrogen-bond donors (Lipinski definition) is 1. The number of carbonyl (C=O) groups excluding carboxylic acids is 2. The van der Waals surface area contributed by atoms with Crippen molar-refractivity contribution < 1.29 is 19.1 Å². The van der Waals surface area contributed by atoms with Gasteiger partial charge in [-0.2, -0.15) is 10.2 Å². The van der Waals surface area contributed by atoms with Crippen molar-refractivity contribution in [1.82, 2.24) is 0 Å². The Balaban J connectivity index is 2.30. The standard InChI is InChI=1S/C19H19Cl2N3O4/c1-10-9-12(5-6-13(10)20)23-24-17(11(2)25)19(26)22-18-15(28-4)8-7-14(27-3)16(18)21/h5-9,17H,1-4H3,(H,22,26). The fraction of sp³-hybridized carbons (Fsp3) is 0.263. The Labute approximate surface area is 172 Å². The summed E-state index contributed by atoms with van der Waals surface area (Å²) < 4.78 is 10.4. The van der Waals surface area contributed by atoms with Crippen LogP contribution in [0.4, 0.5) is 11.4 Å². The molecule has 1 N–H and O–H groups in total. The van der Waals surface area contributed by atoms with E-state index in [2.05, 4.69) is 15.5 Å². The number of methoxy groups -OCH3 is 2. The third-order valence-electron chi connectivity index (χ3n) is 3.82. The highest BCUT2D eigenvalue weighted by Crippen LogP contribution is 2.39. The van der Waals surface area contributed by atoms with Gasteiger partial charge >= 0.3 is 0 Å². The molecule has 0 saturated carbocycles. The molecule has 0 spiro atoms. The van der Waals surface area contributed by atoms with Gasteiger partial charge in [0.05, 0.1) is 19.9 Å². The van der Waals surface area contributed by atoms with Crippen molar-refractivity contribution in [3.05, 3.63) is 45.9 Å². The first kappa shape index (κ1) is 21.7. The fourth-order valence-electron chi connectivity index (χ4n) is 2.31. The van der Waals surface area contributed by atoms with Crippen molar-refractivity contribution in [2.75, 3.05) is 19.5 Å². The van der Waals surface area contributed by atoms with Crippen LogP contribution in [0.5, 0.6) is 11.5 Å². The number of carbonyl (C=O) groups is 2. The third kappa shape index (κ3) is 4.99. The summed E-state index contributed by atoms with van der Waals surface area (Å²) in [5.74, 6) is -0.526. The quantitative estimate of drug-likeness (QED) is 0.501. The molecule has 1 amide bonds. The monoisotopic (exact) mass is 423 g/mol. The number of Topliss-reactive ketones (excluding diaryl/α,β-unsaturated/α-hetero) is 1. The third-order valence-corrected chi connectivity index (χ3v) is 4.62. The van der Waals surface area contributed by atoms with Crippen molar-refractivity contribution in [2.24, 2.45) is 10.2 Å². The van der Waals surface area contributed by atoms with Crippen LogP contribution in [-0.2, 0) is 9.59 Å². The zero-order valence-electron chi connectivity index (χ0n) is 15.7. The summed E-state index contributed by atoms with van der Waals surface area (Å²) in [6.45, 7) is 3.06. The number of nitrogens with one attached hydrogen (secondary N) is 1. The largest absolute Gasteiger partial charge is 0.495 e. The Kier molecular flexibility index (Phi) is 7.37. The lowest BCUT2D eigenvalue weighted by atomic mass is 10.2. The molecular formula is C19H19Cl2N3O4. The second kappa shape index (κ2) is 9.52. The lowest BCUT2D eigenvalue weighted by Crippen LogP contribution is -2.32. The molecular weight excluding hydrogens is 405 g/mol. The molecule has 9 heteroatoms. The lowest BCUT2D eigenvalue weighted by Gasteiger charge is -2.15. The first-order valence-corrected chi connectivity index (χ1v) is 8.92. The van der Waals surface area contributed by atoms with Gasteiger partial charge in [-0.1, -0.05) is 23.2 Å². The first-order valence-electron chi connectivity index (χ1n) is 8.17. The van der Waals surface area contributed by atoms with Crippen LogP contribution in [0.15, 0.2) is 40.6 Å². The summed E-state index contributed by atoms with van der Waals surface area (Å²) in [6.07, 6.45) is 0. The molecule has 0 aliphatic heterocycles. The van der Waals surface area contributed by atoms with Crippen molar-refractivity contribution in [2.45, 2.75) is 19.9 Å². The molecule has 0 bridgehead atoms. The van der Waals surface area contributed by atoms with Crippen LogP contribution in [0.3, 0.4) is 0 Å². The number of amides is 1. The molecule has 0 radical (unpaired) electrons. The van der Waals surface area contributed by atoms with Gasteiger partial charge in [0, 0.05) is 5.02 Å². The number of azo groups is 1. The zero-order chi connectivity index (χ0) is 20.8. The van der Waals surface area contributed by atoms with Crippen LogP contribution in [0, 0.1) is 6.92 Å². The number of halogens is 2. The normalized spacial score (nSPS) is 11.9. The lowest BCUT2D eigenvalue weighted by molar-refractivity contribution is -0.126. The maximum absolute atomic E-state index is 12.7. The Hall–Kier alpha value is -2.64. The molecule has 2 rings (SSSR count). The van der Waals surface area contributed by atoms with Gasteiger partial charge in [-0.3, -0.25) is 9.59 Å². The van der Waals surface area contributed by atoms with E-state index in [0.717, 1.165) is 5.56 Å². The van der Waals surface area contributed by atoms with Crippen LogP contribution in [0.2, 0.25) is 10.0 Å². The second-order valence-corrected chi connectivity index (χ2v) is 6.60. The predicted molar refractivity (Wildman–Crippen MR) is 108 cm³/mol. The van der Waals surface area contributed by atoms with Crippen molar-refractivity contribution in [1.29, 1.82) is 0 Å². The van der Waals surface area contributed by atoms with E-state index in [4.69, 9.17) is 32.7 Å². The number of anilines is 1. The van der Waals surface area contributed by atoms with Crippen LogP contribution in [0.25, 0.3) is 0 Å². The number of benzene rings is 2. The summed E-state index contributed by atoms with van der Waals surface area (Å²) in [7, 11) is 2.87. The molecule has 148 valence electrons. The number of hydrogen-bond acceptors (Lipinski definition) is 6. The molecule has 0 aromatic heterocycles. The van der Waals surface area contributed by atoms with Crippen LogP contribution >= 0.6 is 23.2 Å². The molecule has 1 atom stereocenters. The fourth-order valence-corrected chi connectivity index (χ4v) is 2.71. The van der Waals surface area contributed by atoms with Crippen LogP contribution in [-0.4, -0.2) is 32.0 Å². The van der Waals surface area contributed by atoms with Crippen molar-refractivity contribution in [3.8, 4) is 11.5 Å². The summed E-state index contributed by atoms with van der Waals surface area (Å²) in [4.78, 5) is 24.6. The minimum atomic E-state index is -1.36. The highest BCUT2D eigenvalue weighted by Gasteiger charge is 2.26. The van der Waals surface area contributed by atoms with E-state index in [1.807, 2.05) is 6.92 Å². The highest BCUT2D eigenvalue weighted by molar-refractivity contribution is 6.36. The summed E-state index contributed by atoms with van der Waals surface area (Å²) in [6, 6.07) is 6.82. The van der Waals surface area contributed by atoms with E-state index in [-0.39, 0.29) is 10.7 Å². The van der Waals surface area contributed by atoms with E-state index < -0.39 is 17.7 Å². The predicted octanol–water partition coefficient (Wildman–Crippen LogP) is 5.00. The van der Waals surface area contributed by atoms with E-state index in [1.165, 1.54) is 21.1 Å². The molecule has 2 aromatic rings. The van der Waals surface area contributed by atoms with E-state index in [0.29, 0.717) is 22.2 Å². The molecule has 0 fully saturated rings. The second-order valence-electron chi connectivity index (χ2n) is 5.81. The number of ketones is 1. The number of rotatable bonds is 7. The molecule has 0 aliphatic carbocycles. The van der Waals surface area contributed by atoms with Crippen molar-refractivity contribution >= 4 is 46.3 Å². The van der Waals surface area contributed by atoms with E-state index in [9.17, 15) is 9.59 Å². The Morgan fingerprint density at radius 3 is 2.29 bits per heavy atom.